The van der Waals surface area contributed by atoms with Crippen molar-refractivity contribution in [2.24, 2.45) is 0 Å². The third-order valence-corrected chi connectivity index (χ3v) is 12.3. The molecule has 0 radical (unpaired) electrons. The largest absolute Gasteiger partial charge is 0.455 e. The molecule has 12 aromatic rings. The molecule has 0 saturated carbocycles. The average Bonchev–Trinajstić information content (AvgIpc) is 3.93. The van der Waals surface area contributed by atoms with Crippen molar-refractivity contribution in [1.82, 2.24) is 14.5 Å². The van der Waals surface area contributed by atoms with Crippen LogP contribution in [0.15, 0.2) is 223 Å². The van der Waals surface area contributed by atoms with Crippen LogP contribution in [0.4, 0.5) is 0 Å². The second kappa shape index (κ2) is 15.3. The van der Waals surface area contributed by atoms with Crippen LogP contribution in [0.3, 0.4) is 0 Å². The number of para-hydroxylation sites is 2. The molecule has 3 heterocycles. The van der Waals surface area contributed by atoms with E-state index >= 15 is 0 Å². The summed E-state index contributed by atoms with van der Waals surface area (Å²) in [6.45, 7) is 0. The Morgan fingerprint density at radius 1 is 0.391 bits per heavy atom. The molecule has 0 saturated heterocycles. The first-order valence-corrected chi connectivity index (χ1v) is 21.4. The summed E-state index contributed by atoms with van der Waals surface area (Å²) in [6, 6.07) is 77.8. The van der Waals surface area contributed by atoms with Gasteiger partial charge in [0.25, 0.3) is 0 Å². The summed E-state index contributed by atoms with van der Waals surface area (Å²) < 4.78 is 9.42. The van der Waals surface area contributed by atoms with Gasteiger partial charge in [0, 0.05) is 38.4 Å². The third-order valence-electron chi connectivity index (χ3n) is 12.3. The molecule has 298 valence electrons. The first-order chi connectivity index (χ1) is 31.7. The SMILES string of the molecule is N#Cc1c(-c2ccccc2)nc(-c2cc(-c3ccccc3)c(-c3ccccc3)cc2-n2c3ccccc3c3c4oc5c(-c6ccccc6)cccc5c4ccc32)nc1-c1ccccc1. The molecule has 0 N–H and O–H groups in total. The second-order valence-electron chi connectivity index (χ2n) is 15.9. The highest BCUT2D eigenvalue weighted by Crippen LogP contribution is 2.46. The zero-order valence-electron chi connectivity index (χ0n) is 34.5. The maximum absolute atomic E-state index is 10.9. The van der Waals surface area contributed by atoms with Gasteiger partial charge in [0.05, 0.1) is 33.5 Å². The van der Waals surface area contributed by atoms with Crippen molar-refractivity contribution in [3.05, 3.63) is 224 Å². The van der Waals surface area contributed by atoms with Gasteiger partial charge in [-0.05, 0) is 58.1 Å². The van der Waals surface area contributed by atoms with E-state index in [9.17, 15) is 5.26 Å². The lowest BCUT2D eigenvalue weighted by atomic mass is 9.91. The molecule has 0 aliphatic heterocycles. The summed E-state index contributed by atoms with van der Waals surface area (Å²) in [5, 5.41) is 15.1. The number of nitriles is 1. The quantitative estimate of drug-likeness (QED) is 0.161. The molecule has 3 aromatic heterocycles. The summed E-state index contributed by atoms with van der Waals surface area (Å²) in [6.07, 6.45) is 0. The molecule has 0 spiro atoms. The molecule has 0 amide bonds. The predicted molar refractivity (Wildman–Crippen MR) is 261 cm³/mol. The van der Waals surface area contributed by atoms with Crippen molar-refractivity contribution in [1.29, 1.82) is 5.26 Å². The minimum absolute atomic E-state index is 0.422. The maximum Gasteiger partial charge on any atom is 0.162 e. The zero-order chi connectivity index (χ0) is 42.6. The van der Waals surface area contributed by atoms with Crippen LogP contribution in [-0.4, -0.2) is 14.5 Å². The smallest absolute Gasteiger partial charge is 0.162 e. The van der Waals surface area contributed by atoms with E-state index in [4.69, 9.17) is 14.4 Å². The number of hydrogen-bond acceptors (Lipinski definition) is 4. The number of hydrogen-bond donors (Lipinski definition) is 0. The second-order valence-corrected chi connectivity index (χ2v) is 15.9. The molecule has 64 heavy (non-hydrogen) atoms. The van der Waals surface area contributed by atoms with Crippen LogP contribution < -0.4 is 0 Å². The molecule has 0 fully saturated rings. The van der Waals surface area contributed by atoms with E-state index in [0.717, 1.165) is 99.5 Å². The van der Waals surface area contributed by atoms with Gasteiger partial charge in [0.2, 0.25) is 0 Å². The number of aromatic nitrogens is 3. The van der Waals surface area contributed by atoms with Gasteiger partial charge < -0.3 is 8.98 Å². The predicted octanol–water partition coefficient (Wildman–Crippen LogP) is 15.3. The van der Waals surface area contributed by atoms with E-state index in [0.29, 0.717) is 22.8 Å². The molecule has 0 aliphatic rings. The normalized spacial score (nSPS) is 11.4. The van der Waals surface area contributed by atoms with E-state index in [2.05, 4.69) is 156 Å². The van der Waals surface area contributed by atoms with Crippen molar-refractivity contribution in [2.75, 3.05) is 0 Å². The molecular formula is C59H36N4O. The van der Waals surface area contributed by atoms with Gasteiger partial charge in [-0.15, -0.1) is 0 Å². The Bertz CT molecular complexity index is 3700. The fourth-order valence-electron chi connectivity index (χ4n) is 9.37. The summed E-state index contributed by atoms with van der Waals surface area (Å²) in [5.41, 5.74) is 15.1. The van der Waals surface area contributed by atoms with E-state index in [1.54, 1.807) is 0 Å². The van der Waals surface area contributed by atoms with Crippen LogP contribution in [0.2, 0.25) is 0 Å². The number of furan rings is 1. The lowest BCUT2D eigenvalue weighted by molar-refractivity contribution is 0.674. The molecule has 5 nitrogen and oxygen atoms in total. The minimum Gasteiger partial charge on any atom is -0.455 e. The van der Waals surface area contributed by atoms with Gasteiger partial charge in [0.15, 0.2) is 5.82 Å². The molecule has 0 atom stereocenters. The third kappa shape index (κ3) is 6.00. The van der Waals surface area contributed by atoms with E-state index < -0.39 is 0 Å². The first kappa shape index (κ1) is 37.0. The molecule has 0 aliphatic carbocycles. The Hall–Kier alpha value is -8.85. The fraction of sp³-hybridized carbons (Fsp3) is 0. The van der Waals surface area contributed by atoms with Gasteiger partial charge in [0.1, 0.15) is 22.8 Å². The van der Waals surface area contributed by atoms with Crippen LogP contribution >= 0.6 is 0 Å². The lowest BCUT2D eigenvalue weighted by Gasteiger charge is -2.20. The highest BCUT2D eigenvalue weighted by molar-refractivity contribution is 6.25. The van der Waals surface area contributed by atoms with E-state index in [1.807, 2.05) is 72.8 Å². The molecule has 5 heteroatoms. The molecule has 0 unspecified atom stereocenters. The topological polar surface area (TPSA) is 67.6 Å². The Morgan fingerprint density at radius 3 is 1.45 bits per heavy atom. The molecule has 9 aromatic carbocycles. The van der Waals surface area contributed by atoms with Crippen LogP contribution in [0.25, 0.3) is 117 Å². The van der Waals surface area contributed by atoms with Crippen molar-refractivity contribution in [3.8, 4) is 79.0 Å². The molecule has 0 bridgehead atoms. The highest BCUT2D eigenvalue weighted by Gasteiger charge is 2.26. The van der Waals surface area contributed by atoms with Crippen molar-refractivity contribution in [2.45, 2.75) is 0 Å². The van der Waals surface area contributed by atoms with Crippen LogP contribution in [-0.2, 0) is 0 Å². The number of nitrogens with zero attached hydrogens (tertiary/aromatic N) is 4. The van der Waals surface area contributed by atoms with Crippen molar-refractivity contribution < 1.29 is 4.42 Å². The Morgan fingerprint density at radius 2 is 0.875 bits per heavy atom. The average molecular weight is 817 g/mol. The van der Waals surface area contributed by atoms with Gasteiger partial charge in [-0.3, -0.25) is 0 Å². The molecule has 12 rings (SSSR count). The van der Waals surface area contributed by atoms with Gasteiger partial charge in [-0.1, -0.05) is 188 Å². The summed E-state index contributed by atoms with van der Waals surface area (Å²) in [4.78, 5) is 10.8. The minimum atomic E-state index is 0.422. The number of fused-ring (bicyclic) bond motifs is 7. The lowest BCUT2D eigenvalue weighted by Crippen LogP contribution is -2.05. The van der Waals surface area contributed by atoms with Crippen LogP contribution in [0.1, 0.15) is 5.56 Å². The standard InChI is InChI=1S/C59H36N4O/c60-37-50-55(41-25-12-4-13-26-41)61-59(62-56(50)42-27-14-5-15-28-42)49-35-47(39-21-8-2-9-22-39)48(40-23-10-3-11-24-40)36-53(49)63-51-32-17-16-29-46(51)54-52(63)34-33-45-44-31-18-30-43(57(44)64-58(45)54)38-19-6-1-7-20-38/h1-36H. The first-order valence-electron chi connectivity index (χ1n) is 21.4. The van der Waals surface area contributed by atoms with Crippen LogP contribution in [0.5, 0.6) is 0 Å². The summed E-state index contributed by atoms with van der Waals surface area (Å²) >= 11 is 0. The highest BCUT2D eigenvalue weighted by atomic mass is 16.3. The van der Waals surface area contributed by atoms with Gasteiger partial charge >= 0.3 is 0 Å². The monoisotopic (exact) mass is 816 g/mol. The van der Waals surface area contributed by atoms with Crippen molar-refractivity contribution in [3.63, 3.8) is 0 Å². The number of rotatable bonds is 7. The fourth-order valence-corrected chi connectivity index (χ4v) is 9.37. The molecular weight excluding hydrogens is 781 g/mol. The maximum atomic E-state index is 10.9. The Kier molecular flexibility index (Phi) is 8.81. The zero-order valence-corrected chi connectivity index (χ0v) is 34.5. The van der Waals surface area contributed by atoms with Crippen molar-refractivity contribution >= 4 is 43.7 Å². The summed E-state index contributed by atoms with van der Waals surface area (Å²) in [7, 11) is 0. The Balaban J connectivity index is 1.23. The Labute approximate surface area is 369 Å². The van der Waals surface area contributed by atoms with E-state index in [-0.39, 0.29) is 0 Å². The van der Waals surface area contributed by atoms with Crippen LogP contribution in [0, 0.1) is 11.3 Å². The van der Waals surface area contributed by atoms with Gasteiger partial charge in [-0.25, -0.2) is 9.97 Å². The summed E-state index contributed by atoms with van der Waals surface area (Å²) in [5.74, 6) is 0.506. The number of benzene rings is 9. The van der Waals surface area contributed by atoms with E-state index in [1.165, 1.54) is 0 Å². The van der Waals surface area contributed by atoms with Gasteiger partial charge in [-0.2, -0.15) is 5.26 Å².